The van der Waals surface area contributed by atoms with Gasteiger partial charge in [0.05, 0.1) is 16.2 Å². The highest BCUT2D eigenvalue weighted by molar-refractivity contribution is 7.99. The second-order valence-electron chi connectivity index (χ2n) is 6.10. The van der Waals surface area contributed by atoms with E-state index in [0.29, 0.717) is 20.9 Å². The lowest BCUT2D eigenvalue weighted by atomic mass is 10.0. The molecule has 25 heavy (non-hydrogen) atoms. The van der Waals surface area contributed by atoms with Crippen molar-refractivity contribution in [1.29, 1.82) is 0 Å². The van der Waals surface area contributed by atoms with Gasteiger partial charge in [-0.3, -0.25) is 0 Å². The van der Waals surface area contributed by atoms with Crippen LogP contribution in [0.25, 0.3) is 0 Å². The first-order valence-corrected chi connectivity index (χ1v) is 9.86. The summed E-state index contributed by atoms with van der Waals surface area (Å²) in [6, 6.07) is 5.73. The van der Waals surface area contributed by atoms with Crippen LogP contribution >= 0.6 is 35.0 Å². The Morgan fingerprint density at radius 2 is 2.00 bits per heavy atom. The van der Waals surface area contributed by atoms with Crippen LogP contribution in [-0.4, -0.2) is 29.1 Å². The van der Waals surface area contributed by atoms with E-state index < -0.39 is 0 Å². The fourth-order valence-corrected chi connectivity index (χ4v) is 4.08. The van der Waals surface area contributed by atoms with Crippen molar-refractivity contribution in [3.05, 3.63) is 34.4 Å². The summed E-state index contributed by atoms with van der Waals surface area (Å²) in [4.78, 5) is 12.1. The van der Waals surface area contributed by atoms with Crippen molar-refractivity contribution in [3.63, 3.8) is 0 Å². The predicted octanol–water partition coefficient (Wildman–Crippen LogP) is 4.22. The lowest BCUT2D eigenvalue weighted by molar-refractivity contribution is 0.492. The average Bonchev–Trinajstić information content (AvgIpc) is 2.57. The fraction of sp³-hybridized carbons (Fsp3) is 0.412. The topological polar surface area (TPSA) is 81.1 Å². The Kier molecular flexibility index (Phi) is 6.28. The van der Waals surface area contributed by atoms with Gasteiger partial charge in [-0.15, -0.1) is 0 Å². The molecule has 3 rings (SSSR count). The Labute approximate surface area is 162 Å². The number of nitrogen functional groups attached to an aromatic ring is 1. The summed E-state index contributed by atoms with van der Waals surface area (Å²) >= 11 is 13.7. The number of rotatable bonds is 3. The Morgan fingerprint density at radius 3 is 2.80 bits per heavy atom. The van der Waals surface area contributed by atoms with E-state index in [2.05, 4.69) is 14.9 Å². The molecule has 0 saturated carbocycles. The third-order valence-corrected chi connectivity index (χ3v) is 6.22. The highest BCUT2D eigenvalue weighted by atomic mass is 35.5. The van der Waals surface area contributed by atoms with Gasteiger partial charge in [0.2, 0.25) is 0 Å². The lowest BCUT2D eigenvalue weighted by Gasteiger charge is -2.28. The van der Waals surface area contributed by atoms with Crippen molar-refractivity contribution in [2.75, 3.05) is 23.7 Å². The molecule has 0 amide bonds. The minimum atomic E-state index is 0.257. The second-order valence-corrected chi connectivity index (χ2v) is 7.92. The third-order valence-electron chi connectivity index (χ3n) is 4.22. The highest BCUT2D eigenvalue weighted by Crippen LogP contribution is 2.38. The van der Waals surface area contributed by atoms with Gasteiger partial charge in [-0.1, -0.05) is 47.5 Å². The SMILES string of the molecule is Nc1nc(N2CCCC[C@@H](N)CC2)cnc1Sc1cccc(Cl)c1Cl. The number of anilines is 2. The number of nitrogens with zero attached hydrogens (tertiary/aromatic N) is 3. The number of aromatic nitrogens is 2. The van der Waals surface area contributed by atoms with Gasteiger partial charge in [0, 0.05) is 24.0 Å². The van der Waals surface area contributed by atoms with Gasteiger partial charge in [0.25, 0.3) is 0 Å². The van der Waals surface area contributed by atoms with Crippen LogP contribution in [0.5, 0.6) is 0 Å². The van der Waals surface area contributed by atoms with Gasteiger partial charge in [-0.25, -0.2) is 9.97 Å². The normalized spacial score (nSPS) is 18.7. The Morgan fingerprint density at radius 1 is 1.16 bits per heavy atom. The summed E-state index contributed by atoms with van der Waals surface area (Å²) in [6.07, 6.45) is 6.06. The smallest absolute Gasteiger partial charge is 0.158 e. The maximum atomic E-state index is 6.23. The van der Waals surface area contributed by atoms with Crippen molar-refractivity contribution >= 4 is 46.6 Å². The first-order valence-electron chi connectivity index (χ1n) is 8.29. The Hall–Kier alpha value is -1.21. The lowest BCUT2D eigenvalue weighted by Crippen LogP contribution is -2.34. The number of hydrogen-bond acceptors (Lipinski definition) is 6. The molecule has 1 aliphatic heterocycles. The van der Waals surface area contributed by atoms with Crippen LogP contribution < -0.4 is 16.4 Å². The van der Waals surface area contributed by atoms with Crippen molar-refractivity contribution in [1.82, 2.24) is 9.97 Å². The number of benzene rings is 1. The van der Waals surface area contributed by atoms with E-state index in [9.17, 15) is 0 Å². The molecular formula is C17H21Cl2N5S. The first kappa shape index (κ1) is 18.6. The molecule has 0 unspecified atom stereocenters. The molecule has 2 heterocycles. The largest absolute Gasteiger partial charge is 0.381 e. The van der Waals surface area contributed by atoms with Crippen LogP contribution in [0, 0.1) is 0 Å². The minimum Gasteiger partial charge on any atom is -0.381 e. The molecule has 134 valence electrons. The zero-order chi connectivity index (χ0) is 17.8. The van der Waals surface area contributed by atoms with Crippen LogP contribution in [0.3, 0.4) is 0 Å². The molecular weight excluding hydrogens is 377 g/mol. The van der Waals surface area contributed by atoms with E-state index >= 15 is 0 Å². The van der Waals surface area contributed by atoms with Gasteiger partial charge in [-0.05, 0) is 31.4 Å². The van der Waals surface area contributed by atoms with E-state index in [1.807, 2.05) is 12.1 Å². The van der Waals surface area contributed by atoms with Crippen molar-refractivity contribution in [2.45, 2.75) is 41.6 Å². The van der Waals surface area contributed by atoms with E-state index in [4.69, 9.17) is 34.7 Å². The van der Waals surface area contributed by atoms with Crippen LogP contribution in [0.15, 0.2) is 34.3 Å². The molecule has 1 aromatic carbocycles. The number of hydrogen-bond donors (Lipinski definition) is 2. The molecule has 2 aromatic rings. The van der Waals surface area contributed by atoms with Crippen LogP contribution in [0.1, 0.15) is 25.7 Å². The predicted molar refractivity (Wildman–Crippen MR) is 106 cm³/mol. The van der Waals surface area contributed by atoms with Gasteiger partial charge in [-0.2, -0.15) is 0 Å². The van der Waals surface area contributed by atoms with Crippen LogP contribution in [0.4, 0.5) is 11.6 Å². The molecule has 0 spiro atoms. The minimum absolute atomic E-state index is 0.257. The number of halogens is 2. The van der Waals surface area contributed by atoms with E-state index in [1.54, 1.807) is 12.3 Å². The average molecular weight is 398 g/mol. The molecule has 0 radical (unpaired) electrons. The molecule has 0 aliphatic carbocycles. The summed E-state index contributed by atoms with van der Waals surface area (Å²) < 4.78 is 0. The standard InChI is InChI=1S/C17H21Cl2N5S/c18-12-5-3-6-13(15(12)19)25-17-16(21)23-14(10-22-17)24-8-2-1-4-11(20)7-9-24/h3,5-6,10-11H,1-2,4,7-9,20H2,(H2,21,23)/t11-/m1/s1. The van der Waals surface area contributed by atoms with Crippen molar-refractivity contribution < 1.29 is 0 Å². The maximum Gasteiger partial charge on any atom is 0.158 e. The molecule has 1 atom stereocenters. The Bertz CT molecular complexity index is 743. The molecule has 0 bridgehead atoms. The van der Waals surface area contributed by atoms with Gasteiger partial charge >= 0.3 is 0 Å². The van der Waals surface area contributed by atoms with E-state index in [1.165, 1.54) is 11.8 Å². The third kappa shape index (κ3) is 4.70. The highest BCUT2D eigenvalue weighted by Gasteiger charge is 2.16. The molecule has 8 heteroatoms. The van der Waals surface area contributed by atoms with Crippen LogP contribution in [0.2, 0.25) is 10.0 Å². The van der Waals surface area contributed by atoms with Gasteiger partial charge in [0.1, 0.15) is 10.8 Å². The zero-order valence-corrected chi connectivity index (χ0v) is 16.1. The summed E-state index contributed by atoms with van der Waals surface area (Å²) in [5.74, 6) is 1.19. The zero-order valence-electron chi connectivity index (χ0n) is 13.8. The molecule has 4 N–H and O–H groups in total. The van der Waals surface area contributed by atoms with Gasteiger partial charge in [0.15, 0.2) is 5.82 Å². The van der Waals surface area contributed by atoms with Crippen molar-refractivity contribution in [3.8, 4) is 0 Å². The second kappa shape index (κ2) is 8.45. The molecule has 1 aliphatic rings. The maximum absolute atomic E-state index is 6.23. The summed E-state index contributed by atoms with van der Waals surface area (Å²) in [5.41, 5.74) is 12.2. The summed E-state index contributed by atoms with van der Waals surface area (Å²) in [5, 5.41) is 1.63. The van der Waals surface area contributed by atoms with E-state index in [0.717, 1.165) is 49.5 Å². The summed E-state index contributed by atoms with van der Waals surface area (Å²) in [7, 11) is 0. The quantitative estimate of drug-likeness (QED) is 0.806. The summed E-state index contributed by atoms with van der Waals surface area (Å²) in [6.45, 7) is 1.83. The Balaban J connectivity index is 1.77. The number of nitrogens with two attached hydrogens (primary N) is 2. The van der Waals surface area contributed by atoms with Crippen LogP contribution in [-0.2, 0) is 0 Å². The van der Waals surface area contributed by atoms with Crippen molar-refractivity contribution in [2.24, 2.45) is 5.73 Å². The van der Waals surface area contributed by atoms with Gasteiger partial charge < -0.3 is 16.4 Å². The molecule has 1 saturated heterocycles. The first-order chi connectivity index (χ1) is 12.0. The fourth-order valence-electron chi connectivity index (χ4n) is 2.80. The van der Waals surface area contributed by atoms with E-state index in [-0.39, 0.29) is 6.04 Å². The molecule has 5 nitrogen and oxygen atoms in total. The molecule has 1 aromatic heterocycles. The molecule has 1 fully saturated rings. The monoisotopic (exact) mass is 397 g/mol.